The molecule has 2 N–H and O–H groups in total. The molecule has 2 aromatic heterocycles. The highest BCUT2D eigenvalue weighted by atomic mass is 19.4. The van der Waals surface area contributed by atoms with Crippen LogP contribution in [0, 0.1) is 22.9 Å². The molecule has 0 aliphatic heterocycles. The molecular weight excluding hydrogens is 508 g/mol. The average molecular weight is 527 g/mol. The van der Waals surface area contributed by atoms with Crippen LogP contribution in [0.1, 0.15) is 60.4 Å². The van der Waals surface area contributed by atoms with Crippen LogP contribution in [0.25, 0.3) is 11.6 Å². The van der Waals surface area contributed by atoms with Gasteiger partial charge >= 0.3 is 6.18 Å². The number of rotatable bonds is 5. The lowest BCUT2D eigenvalue weighted by Crippen LogP contribution is -2.49. The first kappa shape index (κ1) is 25.0. The number of amides is 1. The van der Waals surface area contributed by atoms with E-state index in [4.69, 9.17) is 9.63 Å². The van der Waals surface area contributed by atoms with Crippen LogP contribution >= 0.6 is 0 Å². The first-order valence-corrected chi connectivity index (χ1v) is 11.3. The number of halogens is 6. The number of hydrogen-bond acceptors (Lipinski definition) is 7. The number of aromatic hydroxyl groups is 1. The molecule has 3 fully saturated rings. The summed E-state index contributed by atoms with van der Waals surface area (Å²) in [5.74, 6) is -7.01. The molecule has 3 saturated carbocycles. The second-order valence-electron chi connectivity index (χ2n) is 9.57. The fraction of sp³-hybridized carbons (Fsp3) is 0.435. The third-order valence-corrected chi connectivity index (χ3v) is 7.48. The van der Waals surface area contributed by atoms with Crippen LogP contribution in [-0.4, -0.2) is 37.9 Å². The number of phenols is 1. The molecule has 2 heterocycles. The molecule has 3 aliphatic rings. The third kappa shape index (κ3) is 4.37. The van der Waals surface area contributed by atoms with E-state index < -0.39 is 52.0 Å². The molecule has 3 aliphatic carbocycles. The van der Waals surface area contributed by atoms with Crippen molar-refractivity contribution >= 4 is 5.91 Å². The Balaban J connectivity index is 1.24. The second kappa shape index (κ2) is 8.70. The molecule has 1 aromatic carbocycles. The lowest BCUT2D eigenvalue weighted by molar-refractivity contribution is -0.141. The molecule has 37 heavy (non-hydrogen) atoms. The molecule has 0 unspecified atom stereocenters. The topological polar surface area (TPSA) is 114 Å². The maximum atomic E-state index is 14.0. The second-order valence-corrected chi connectivity index (χ2v) is 9.57. The molecule has 2 bridgehead atoms. The van der Waals surface area contributed by atoms with E-state index in [-0.39, 0.29) is 23.5 Å². The number of aromatic nitrogens is 4. The van der Waals surface area contributed by atoms with Crippen molar-refractivity contribution in [2.75, 3.05) is 6.54 Å². The van der Waals surface area contributed by atoms with Crippen LogP contribution in [0.2, 0.25) is 0 Å². The summed E-state index contributed by atoms with van der Waals surface area (Å²) in [7, 11) is 0. The summed E-state index contributed by atoms with van der Waals surface area (Å²) >= 11 is 0. The Hall–Kier alpha value is -3.71. The fourth-order valence-electron chi connectivity index (χ4n) is 5.12. The number of carbonyl (C=O) groups is 1. The zero-order chi connectivity index (χ0) is 26.6. The Bertz CT molecular complexity index is 1330. The van der Waals surface area contributed by atoms with E-state index in [0.29, 0.717) is 50.4 Å². The molecule has 8 nitrogen and oxygen atoms in total. The molecule has 0 radical (unpaired) electrons. The van der Waals surface area contributed by atoms with Crippen molar-refractivity contribution in [1.82, 2.24) is 25.7 Å². The van der Waals surface area contributed by atoms with Crippen LogP contribution in [0.4, 0.5) is 26.3 Å². The minimum absolute atomic E-state index is 0.0150. The van der Waals surface area contributed by atoms with Crippen LogP contribution in [0.15, 0.2) is 22.7 Å². The van der Waals surface area contributed by atoms with Gasteiger partial charge in [0.1, 0.15) is 0 Å². The van der Waals surface area contributed by atoms with Crippen molar-refractivity contribution in [3.8, 4) is 17.3 Å². The zero-order valence-corrected chi connectivity index (χ0v) is 19.0. The zero-order valence-electron chi connectivity index (χ0n) is 19.0. The average Bonchev–Trinajstić information content (AvgIpc) is 3.40. The summed E-state index contributed by atoms with van der Waals surface area (Å²) in [6, 6.07) is 2.33. The highest BCUT2D eigenvalue weighted by Crippen LogP contribution is 2.57. The van der Waals surface area contributed by atoms with Gasteiger partial charge in [-0.15, -0.1) is 10.2 Å². The molecule has 1 amide bonds. The van der Waals surface area contributed by atoms with Crippen LogP contribution in [0.5, 0.6) is 5.75 Å². The van der Waals surface area contributed by atoms with Gasteiger partial charge in [0.2, 0.25) is 5.82 Å². The fourth-order valence-corrected chi connectivity index (χ4v) is 5.12. The normalized spacial score (nSPS) is 23.3. The molecule has 6 rings (SSSR count). The van der Waals surface area contributed by atoms with Crippen LogP contribution < -0.4 is 5.32 Å². The van der Waals surface area contributed by atoms with Crippen molar-refractivity contribution in [3.05, 3.63) is 52.7 Å². The standard InChI is InChI=1S/C23H19F6N5O3/c24-12-9-11(15(25)16(26)17(12)35)18(36)30-10-21-3-6-22(7-4-21,8-5-21)20-31-19(37-34-20)13-1-2-14(33-32-13)23(27,28)29/h1-2,9,35H,3-8,10H2,(H,30,36). The highest BCUT2D eigenvalue weighted by molar-refractivity contribution is 5.94. The smallest absolute Gasteiger partial charge is 0.435 e. The van der Waals surface area contributed by atoms with E-state index in [0.717, 1.165) is 12.1 Å². The monoisotopic (exact) mass is 527 g/mol. The number of fused-ring (bicyclic) bond motifs is 3. The van der Waals surface area contributed by atoms with Gasteiger partial charge in [0.25, 0.3) is 11.8 Å². The van der Waals surface area contributed by atoms with E-state index in [1.807, 2.05) is 0 Å². The number of alkyl halides is 3. The lowest BCUT2D eigenvalue weighted by Gasteiger charge is -2.52. The number of nitrogens with zero attached hydrogens (tertiary/aromatic N) is 4. The molecule has 0 saturated heterocycles. The lowest BCUT2D eigenvalue weighted by atomic mass is 9.53. The maximum absolute atomic E-state index is 14.0. The Kier molecular flexibility index (Phi) is 5.87. The molecule has 0 atom stereocenters. The molecule has 0 spiro atoms. The van der Waals surface area contributed by atoms with E-state index in [2.05, 4.69) is 25.7 Å². The molecule has 3 aromatic rings. The van der Waals surface area contributed by atoms with Crippen molar-refractivity contribution in [3.63, 3.8) is 0 Å². The van der Waals surface area contributed by atoms with Crippen molar-refractivity contribution in [2.45, 2.75) is 50.1 Å². The predicted octanol–water partition coefficient (Wildman–Crippen LogP) is 4.69. The quantitative estimate of drug-likeness (QED) is 0.366. The maximum Gasteiger partial charge on any atom is 0.435 e. The van der Waals surface area contributed by atoms with Crippen LogP contribution in [0.3, 0.4) is 0 Å². The Morgan fingerprint density at radius 3 is 2.30 bits per heavy atom. The van der Waals surface area contributed by atoms with Gasteiger partial charge < -0.3 is 14.9 Å². The summed E-state index contributed by atoms with van der Waals surface area (Å²) in [6.07, 6.45) is -0.759. The number of nitrogens with one attached hydrogen (secondary N) is 1. The first-order valence-electron chi connectivity index (χ1n) is 11.3. The van der Waals surface area contributed by atoms with Crippen LogP contribution in [-0.2, 0) is 11.6 Å². The third-order valence-electron chi connectivity index (χ3n) is 7.48. The van der Waals surface area contributed by atoms with Crippen molar-refractivity contribution < 1.29 is 40.8 Å². The van der Waals surface area contributed by atoms with E-state index in [1.54, 1.807) is 0 Å². The summed E-state index contributed by atoms with van der Waals surface area (Å²) in [4.78, 5) is 16.8. The van der Waals surface area contributed by atoms with E-state index >= 15 is 0 Å². The van der Waals surface area contributed by atoms with Gasteiger partial charge in [-0.2, -0.15) is 22.5 Å². The predicted molar refractivity (Wildman–Crippen MR) is 112 cm³/mol. The van der Waals surface area contributed by atoms with Gasteiger partial charge in [-0.1, -0.05) is 5.16 Å². The SMILES string of the molecule is O=C(NCC12CCC(c3noc(-c4ccc(C(F)(F)F)nn4)n3)(CC1)CC2)c1cc(F)c(O)c(F)c1F. The number of phenolic OH excluding ortho intramolecular Hbond substituents is 1. The summed E-state index contributed by atoms with van der Waals surface area (Å²) in [5.41, 5.74) is -2.69. The van der Waals surface area contributed by atoms with Crippen molar-refractivity contribution in [2.24, 2.45) is 5.41 Å². The van der Waals surface area contributed by atoms with Gasteiger partial charge in [-0.05, 0) is 62.1 Å². The summed E-state index contributed by atoms with van der Waals surface area (Å²) in [5, 5.41) is 22.5. The number of hydrogen-bond donors (Lipinski definition) is 2. The van der Waals surface area contributed by atoms with Gasteiger partial charge in [0.05, 0.1) is 5.56 Å². The van der Waals surface area contributed by atoms with Gasteiger partial charge in [-0.25, -0.2) is 8.78 Å². The van der Waals surface area contributed by atoms with E-state index in [9.17, 15) is 31.1 Å². The Labute approximate surface area is 205 Å². The van der Waals surface area contributed by atoms with Crippen molar-refractivity contribution in [1.29, 1.82) is 0 Å². The number of carbonyl (C=O) groups excluding carboxylic acids is 1. The minimum Gasteiger partial charge on any atom is -0.503 e. The summed E-state index contributed by atoms with van der Waals surface area (Å²) < 4.78 is 84.6. The highest BCUT2D eigenvalue weighted by Gasteiger charge is 2.51. The Morgan fingerprint density at radius 1 is 1.03 bits per heavy atom. The Morgan fingerprint density at radius 2 is 1.70 bits per heavy atom. The minimum atomic E-state index is -4.62. The summed E-state index contributed by atoms with van der Waals surface area (Å²) in [6.45, 7) is 0.157. The first-order chi connectivity index (χ1) is 17.4. The molecular formula is C23H19F6N5O3. The van der Waals surface area contributed by atoms with Gasteiger partial charge in [0, 0.05) is 12.0 Å². The van der Waals surface area contributed by atoms with E-state index in [1.165, 1.54) is 0 Å². The van der Waals surface area contributed by atoms with Gasteiger partial charge in [-0.3, -0.25) is 4.79 Å². The number of benzene rings is 1. The molecule has 14 heteroatoms. The van der Waals surface area contributed by atoms with Gasteiger partial charge in [0.15, 0.2) is 34.6 Å². The largest absolute Gasteiger partial charge is 0.503 e. The molecule has 196 valence electrons.